The molecule has 1 fully saturated rings. The Morgan fingerprint density at radius 2 is 2.00 bits per heavy atom. The fourth-order valence-corrected chi connectivity index (χ4v) is 2.58. The van der Waals surface area contributed by atoms with Crippen LogP contribution in [0.1, 0.15) is 36.0 Å². The molecule has 1 aromatic rings. The highest BCUT2D eigenvalue weighted by atomic mass is 35.5. The molecule has 0 atom stereocenters. The van der Waals surface area contributed by atoms with Gasteiger partial charge in [-0.3, -0.25) is 4.79 Å². The number of nitrogens with one attached hydrogen (secondary N) is 2. The van der Waals surface area contributed by atoms with Crippen molar-refractivity contribution in [2.45, 2.75) is 37.8 Å². The van der Waals surface area contributed by atoms with Crippen LogP contribution in [0.3, 0.4) is 0 Å². The zero-order valence-electron chi connectivity index (χ0n) is 11.1. The lowest BCUT2D eigenvalue weighted by Crippen LogP contribution is -2.32. The number of carbonyl (C=O) groups is 1. The van der Waals surface area contributed by atoms with Gasteiger partial charge in [-0.2, -0.15) is 0 Å². The van der Waals surface area contributed by atoms with Gasteiger partial charge in [-0.05, 0) is 43.9 Å². The van der Waals surface area contributed by atoms with Crippen LogP contribution in [0.5, 0.6) is 0 Å². The van der Waals surface area contributed by atoms with E-state index in [1.807, 2.05) is 0 Å². The summed E-state index contributed by atoms with van der Waals surface area (Å²) in [7, 11) is 1.62. The van der Waals surface area contributed by atoms with Crippen LogP contribution in [0.25, 0.3) is 0 Å². The third-order valence-electron chi connectivity index (χ3n) is 3.59. The van der Waals surface area contributed by atoms with E-state index >= 15 is 0 Å². The molecule has 1 amide bonds. The maximum Gasteiger partial charge on any atom is 0.251 e. The molecule has 0 saturated heterocycles. The second-order valence-electron chi connectivity index (χ2n) is 5.03. The molecule has 19 heavy (non-hydrogen) atoms. The average molecular weight is 282 g/mol. The number of amides is 1. The summed E-state index contributed by atoms with van der Waals surface area (Å²) in [5, 5.41) is 6.67. The van der Waals surface area contributed by atoms with Crippen molar-refractivity contribution in [1.29, 1.82) is 0 Å². The fraction of sp³-hybridized carbons (Fsp3) is 0.500. The largest absolute Gasteiger partial charge is 0.381 e. The maximum absolute atomic E-state index is 11.6. The number of anilines is 1. The highest BCUT2D eigenvalue weighted by Crippen LogP contribution is 2.27. The highest BCUT2D eigenvalue weighted by molar-refractivity contribution is 6.33. The molecule has 1 aliphatic carbocycles. The number of hydrogen-bond donors (Lipinski definition) is 3. The summed E-state index contributed by atoms with van der Waals surface area (Å²) in [6, 6.07) is 5.99. The molecule has 4 nitrogen and oxygen atoms in total. The Labute approximate surface area is 118 Å². The zero-order chi connectivity index (χ0) is 13.8. The van der Waals surface area contributed by atoms with Gasteiger partial charge < -0.3 is 16.4 Å². The number of hydrogen-bond acceptors (Lipinski definition) is 3. The number of benzene rings is 1. The molecule has 4 N–H and O–H groups in total. The van der Waals surface area contributed by atoms with Crippen molar-refractivity contribution in [2.75, 3.05) is 12.4 Å². The second-order valence-corrected chi connectivity index (χ2v) is 5.44. The van der Waals surface area contributed by atoms with Gasteiger partial charge in [0.25, 0.3) is 5.91 Å². The van der Waals surface area contributed by atoms with Crippen molar-refractivity contribution >= 4 is 23.2 Å². The lowest BCUT2D eigenvalue weighted by Gasteiger charge is -2.28. The molecular weight excluding hydrogens is 262 g/mol. The minimum absolute atomic E-state index is 0.106. The summed E-state index contributed by atoms with van der Waals surface area (Å²) in [5.74, 6) is -0.106. The van der Waals surface area contributed by atoms with Crippen molar-refractivity contribution < 1.29 is 4.79 Å². The monoisotopic (exact) mass is 281 g/mol. The Bertz CT molecular complexity index is 456. The Morgan fingerprint density at radius 3 is 2.63 bits per heavy atom. The molecule has 104 valence electrons. The standard InChI is InChI=1S/C14H20ClN3O/c1-17-14(19)9-2-7-12(15)13(8-9)18-11-5-3-10(16)4-6-11/h2,7-8,10-11,18H,3-6,16H2,1H3,(H,17,19). The summed E-state index contributed by atoms with van der Waals surface area (Å²) >= 11 is 6.17. The summed E-state index contributed by atoms with van der Waals surface area (Å²) in [5.41, 5.74) is 7.33. The van der Waals surface area contributed by atoms with Crippen molar-refractivity contribution in [3.8, 4) is 0 Å². The summed E-state index contributed by atoms with van der Waals surface area (Å²) < 4.78 is 0. The molecule has 0 aliphatic heterocycles. The summed E-state index contributed by atoms with van der Waals surface area (Å²) in [4.78, 5) is 11.6. The lowest BCUT2D eigenvalue weighted by molar-refractivity contribution is 0.0963. The summed E-state index contributed by atoms with van der Waals surface area (Å²) in [6.07, 6.45) is 4.15. The van der Waals surface area contributed by atoms with Gasteiger partial charge in [0, 0.05) is 24.7 Å². The van der Waals surface area contributed by atoms with Crippen LogP contribution >= 0.6 is 11.6 Å². The predicted molar refractivity (Wildman–Crippen MR) is 78.7 cm³/mol. The van der Waals surface area contributed by atoms with Gasteiger partial charge in [0.05, 0.1) is 10.7 Å². The SMILES string of the molecule is CNC(=O)c1ccc(Cl)c(NC2CCC(N)CC2)c1. The molecule has 0 unspecified atom stereocenters. The second kappa shape index (κ2) is 6.26. The van der Waals surface area contributed by atoms with Crippen LogP contribution in [-0.2, 0) is 0 Å². The fourth-order valence-electron chi connectivity index (χ4n) is 2.40. The zero-order valence-corrected chi connectivity index (χ0v) is 11.8. The Morgan fingerprint density at radius 1 is 1.32 bits per heavy atom. The van der Waals surface area contributed by atoms with Crippen molar-refractivity contribution in [3.63, 3.8) is 0 Å². The van der Waals surface area contributed by atoms with E-state index in [1.54, 1.807) is 25.2 Å². The average Bonchev–Trinajstić information content (AvgIpc) is 2.43. The molecule has 1 aliphatic rings. The van der Waals surface area contributed by atoms with Crippen LogP contribution < -0.4 is 16.4 Å². The third kappa shape index (κ3) is 3.61. The van der Waals surface area contributed by atoms with Gasteiger partial charge in [-0.25, -0.2) is 0 Å². The van der Waals surface area contributed by atoms with E-state index in [-0.39, 0.29) is 5.91 Å². The van der Waals surface area contributed by atoms with Gasteiger partial charge in [0.1, 0.15) is 0 Å². The molecular formula is C14H20ClN3O. The Kier molecular flexibility index (Phi) is 4.66. The quantitative estimate of drug-likeness (QED) is 0.797. The van der Waals surface area contributed by atoms with Crippen LogP contribution in [0.4, 0.5) is 5.69 Å². The highest BCUT2D eigenvalue weighted by Gasteiger charge is 2.19. The van der Waals surface area contributed by atoms with Gasteiger partial charge in [0.15, 0.2) is 0 Å². The molecule has 0 bridgehead atoms. The summed E-state index contributed by atoms with van der Waals surface area (Å²) in [6.45, 7) is 0. The van der Waals surface area contributed by atoms with E-state index in [1.165, 1.54) is 0 Å². The molecule has 0 aromatic heterocycles. The van der Waals surface area contributed by atoms with E-state index in [0.29, 0.717) is 22.7 Å². The van der Waals surface area contributed by atoms with Crippen LogP contribution in [0.2, 0.25) is 5.02 Å². The maximum atomic E-state index is 11.6. The predicted octanol–water partition coefficient (Wildman–Crippen LogP) is 2.38. The van der Waals surface area contributed by atoms with Crippen LogP contribution in [-0.4, -0.2) is 25.0 Å². The van der Waals surface area contributed by atoms with E-state index in [0.717, 1.165) is 31.4 Å². The van der Waals surface area contributed by atoms with Crippen molar-refractivity contribution in [1.82, 2.24) is 5.32 Å². The smallest absolute Gasteiger partial charge is 0.251 e. The first-order valence-corrected chi connectivity index (χ1v) is 7.01. The minimum atomic E-state index is -0.106. The molecule has 0 radical (unpaired) electrons. The minimum Gasteiger partial charge on any atom is -0.381 e. The molecule has 1 aromatic carbocycles. The van der Waals surface area contributed by atoms with E-state index in [2.05, 4.69) is 10.6 Å². The molecule has 0 heterocycles. The first-order valence-electron chi connectivity index (χ1n) is 6.64. The number of rotatable bonds is 3. The Balaban J connectivity index is 2.08. The number of nitrogens with two attached hydrogens (primary N) is 1. The van der Waals surface area contributed by atoms with Crippen LogP contribution in [0.15, 0.2) is 18.2 Å². The number of halogens is 1. The molecule has 1 saturated carbocycles. The van der Waals surface area contributed by atoms with Gasteiger partial charge in [0.2, 0.25) is 0 Å². The number of carbonyl (C=O) groups excluding carboxylic acids is 1. The lowest BCUT2D eigenvalue weighted by atomic mass is 9.91. The molecule has 5 heteroatoms. The first kappa shape index (κ1) is 14.2. The van der Waals surface area contributed by atoms with E-state index in [4.69, 9.17) is 17.3 Å². The van der Waals surface area contributed by atoms with E-state index < -0.39 is 0 Å². The topological polar surface area (TPSA) is 67.2 Å². The third-order valence-corrected chi connectivity index (χ3v) is 3.92. The Hall–Kier alpha value is -1.26. The van der Waals surface area contributed by atoms with E-state index in [9.17, 15) is 4.79 Å². The van der Waals surface area contributed by atoms with Gasteiger partial charge in [-0.1, -0.05) is 11.6 Å². The van der Waals surface area contributed by atoms with Crippen molar-refractivity contribution in [2.24, 2.45) is 5.73 Å². The normalized spacial score (nSPS) is 22.9. The first-order chi connectivity index (χ1) is 9.10. The van der Waals surface area contributed by atoms with Gasteiger partial charge in [-0.15, -0.1) is 0 Å². The van der Waals surface area contributed by atoms with Gasteiger partial charge >= 0.3 is 0 Å². The van der Waals surface area contributed by atoms with Crippen molar-refractivity contribution in [3.05, 3.63) is 28.8 Å². The molecule has 2 rings (SSSR count). The molecule has 0 spiro atoms. The van der Waals surface area contributed by atoms with Crippen LogP contribution in [0, 0.1) is 0 Å².